The van der Waals surface area contributed by atoms with E-state index in [1.807, 2.05) is 0 Å². The summed E-state index contributed by atoms with van der Waals surface area (Å²) in [5.41, 5.74) is 7.22. The van der Waals surface area contributed by atoms with Gasteiger partial charge in [0.2, 0.25) is 0 Å². The van der Waals surface area contributed by atoms with Crippen molar-refractivity contribution in [2.75, 3.05) is 25.8 Å². The number of fused-ring (bicyclic) bond motifs is 3. The van der Waals surface area contributed by atoms with Gasteiger partial charge in [0.15, 0.2) is 5.72 Å². The fourth-order valence-electron chi connectivity index (χ4n) is 5.38. The Morgan fingerprint density at radius 3 is 2.71 bits per heavy atom. The number of nitrogens with zero attached hydrogens (tertiary/aromatic N) is 3. The lowest BCUT2D eigenvalue weighted by Crippen LogP contribution is -2.58. The first-order chi connectivity index (χ1) is 11.7. The minimum atomic E-state index is -0.142. The van der Waals surface area contributed by atoms with Crippen LogP contribution in [0.1, 0.15) is 43.2 Å². The first-order valence-electron chi connectivity index (χ1n) is 9.43. The van der Waals surface area contributed by atoms with Crippen molar-refractivity contribution in [1.82, 2.24) is 15.5 Å². The van der Waals surface area contributed by atoms with Crippen molar-refractivity contribution in [3.63, 3.8) is 0 Å². The molecular weight excluding hydrogens is 300 g/mol. The van der Waals surface area contributed by atoms with Crippen molar-refractivity contribution >= 4 is 5.69 Å². The molecule has 5 heteroatoms. The third-order valence-corrected chi connectivity index (χ3v) is 6.86. The lowest BCUT2D eigenvalue weighted by atomic mass is 9.65. The number of hydrogen-bond acceptors (Lipinski definition) is 5. The lowest BCUT2D eigenvalue weighted by molar-refractivity contribution is -0.193. The van der Waals surface area contributed by atoms with Gasteiger partial charge in [-0.2, -0.15) is 5.01 Å². The van der Waals surface area contributed by atoms with E-state index in [0.29, 0.717) is 5.92 Å². The molecule has 6 rings (SSSR count). The van der Waals surface area contributed by atoms with E-state index >= 15 is 0 Å². The van der Waals surface area contributed by atoms with Crippen LogP contribution in [0.2, 0.25) is 0 Å². The maximum absolute atomic E-state index is 6.25. The number of hydrogen-bond donors (Lipinski definition) is 1. The number of likely N-dealkylation sites (N-methyl/N-ethyl adjacent to an activating group) is 1. The summed E-state index contributed by atoms with van der Waals surface area (Å²) in [5.74, 6) is 1.48. The Hall–Kier alpha value is -1.14. The monoisotopic (exact) mass is 328 g/mol. The van der Waals surface area contributed by atoms with Gasteiger partial charge in [0, 0.05) is 26.1 Å². The molecule has 2 heterocycles. The van der Waals surface area contributed by atoms with Crippen LogP contribution < -0.4 is 10.7 Å². The van der Waals surface area contributed by atoms with E-state index in [0.717, 1.165) is 31.8 Å². The summed E-state index contributed by atoms with van der Waals surface area (Å²) in [6, 6.07) is 6.86. The van der Waals surface area contributed by atoms with E-state index in [4.69, 9.17) is 4.84 Å². The number of nitrogens with one attached hydrogen (secondary N) is 1. The minimum absolute atomic E-state index is 0.142. The van der Waals surface area contributed by atoms with Crippen molar-refractivity contribution in [3.8, 4) is 0 Å². The Morgan fingerprint density at radius 2 is 1.96 bits per heavy atom. The molecule has 0 aromatic heterocycles. The fraction of sp³-hybridized carbons (Fsp3) is 0.684. The normalized spacial score (nSPS) is 36.5. The molecule has 2 aliphatic heterocycles. The molecule has 1 aromatic carbocycles. The molecule has 4 fully saturated rings. The fourth-order valence-corrected chi connectivity index (χ4v) is 5.38. The first kappa shape index (κ1) is 15.1. The second-order valence-corrected chi connectivity index (χ2v) is 8.24. The van der Waals surface area contributed by atoms with Crippen molar-refractivity contribution in [2.45, 2.75) is 50.8 Å². The van der Waals surface area contributed by atoms with E-state index in [1.165, 1.54) is 42.5 Å². The average molecular weight is 328 g/mol. The predicted molar refractivity (Wildman–Crippen MR) is 93.7 cm³/mol. The predicted octanol–water partition coefficient (Wildman–Crippen LogP) is 2.68. The Kier molecular flexibility index (Phi) is 3.42. The zero-order valence-corrected chi connectivity index (χ0v) is 14.8. The van der Waals surface area contributed by atoms with Gasteiger partial charge in [0.25, 0.3) is 0 Å². The second-order valence-electron chi connectivity index (χ2n) is 8.24. The maximum Gasteiger partial charge on any atom is 0.165 e. The highest BCUT2D eigenvalue weighted by atomic mass is 16.8. The quantitative estimate of drug-likeness (QED) is 0.856. The zero-order valence-electron chi connectivity index (χ0n) is 14.8. The van der Waals surface area contributed by atoms with E-state index in [1.54, 1.807) is 0 Å². The molecule has 1 spiro atoms. The van der Waals surface area contributed by atoms with Crippen LogP contribution in [-0.2, 0) is 17.8 Å². The van der Waals surface area contributed by atoms with Gasteiger partial charge in [-0.15, -0.1) is 0 Å². The van der Waals surface area contributed by atoms with Crippen LogP contribution in [0.3, 0.4) is 0 Å². The zero-order chi connectivity index (χ0) is 16.3. The van der Waals surface area contributed by atoms with Crippen molar-refractivity contribution < 1.29 is 4.84 Å². The highest BCUT2D eigenvalue weighted by molar-refractivity contribution is 5.50. The van der Waals surface area contributed by atoms with Crippen molar-refractivity contribution in [3.05, 3.63) is 29.3 Å². The molecule has 3 aliphatic carbocycles. The molecule has 24 heavy (non-hydrogen) atoms. The summed E-state index contributed by atoms with van der Waals surface area (Å²) in [7, 11) is 4.39. The number of hydrazine groups is 2. The Morgan fingerprint density at radius 1 is 1.12 bits per heavy atom. The number of anilines is 1. The summed E-state index contributed by atoms with van der Waals surface area (Å²) >= 11 is 0. The SMILES string of the molecule is CN1CCc2cc(N3NO[C@@]4(CC5CCC4CC5)N3C)ccc2C1. The summed E-state index contributed by atoms with van der Waals surface area (Å²) < 4.78 is 0. The van der Waals surface area contributed by atoms with Gasteiger partial charge in [-0.05, 0) is 74.8 Å². The van der Waals surface area contributed by atoms with Gasteiger partial charge in [-0.1, -0.05) is 11.7 Å². The van der Waals surface area contributed by atoms with Crippen LogP contribution in [0.15, 0.2) is 18.2 Å². The van der Waals surface area contributed by atoms with E-state index < -0.39 is 0 Å². The van der Waals surface area contributed by atoms with Gasteiger partial charge >= 0.3 is 0 Å². The number of rotatable bonds is 1. The summed E-state index contributed by atoms with van der Waals surface area (Å²) in [5, 5.41) is 4.46. The summed E-state index contributed by atoms with van der Waals surface area (Å²) in [4.78, 5) is 8.64. The van der Waals surface area contributed by atoms with Gasteiger partial charge in [0.1, 0.15) is 0 Å². The van der Waals surface area contributed by atoms with Crippen molar-refractivity contribution in [1.29, 1.82) is 0 Å². The lowest BCUT2D eigenvalue weighted by Gasteiger charge is -2.50. The van der Waals surface area contributed by atoms with Gasteiger partial charge in [-0.3, -0.25) is 4.84 Å². The largest absolute Gasteiger partial charge is 0.302 e. The molecule has 5 nitrogen and oxygen atoms in total. The summed E-state index contributed by atoms with van der Waals surface area (Å²) in [6.07, 6.45) is 7.68. The van der Waals surface area contributed by atoms with Gasteiger partial charge in [-0.25, -0.2) is 5.12 Å². The van der Waals surface area contributed by atoms with Gasteiger partial charge < -0.3 is 4.90 Å². The van der Waals surface area contributed by atoms with E-state index in [-0.39, 0.29) is 5.72 Å². The van der Waals surface area contributed by atoms with Crippen LogP contribution in [0, 0.1) is 11.8 Å². The van der Waals surface area contributed by atoms with E-state index in [9.17, 15) is 0 Å². The van der Waals surface area contributed by atoms with E-state index in [2.05, 4.69) is 52.9 Å². The van der Waals surface area contributed by atoms with Crippen LogP contribution in [0.25, 0.3) is 0 Å². The molecular formula is C19H28N4O. The van der Waals surface area contributed by atoms with Crippen LogP contribution in [-0.4, -0.2) is 36.3 Å². The van der Waals surface area contributed by atoms with Crippen LogP contribution in [0.4, 0.5) is 5.69 Å². The average Bonchev–Trinajstić information content (AvgIpc) is 2.92. The Bertz CT molecular complexity index is 642. The highest BCUT2D eigenvalue weighted by Gasteiger charge is 2.56. The van der Waals surface area contributed by atoms with Crippen LogP contribution in [0.5, 0.6) is 0 Å². The maximum atomic E-state index is 6.25. The molecule has 5 aliphatic rings. The molecule has 1 aromatic rings. The Labute approximate surface area is 144 Å². The highest BCUT2D eigenvalue weighted by Crippen LogP contribution is 2.52. The minimum Gasteiger partial charge on any atom is -0.302 e. The standard InChI is InChI=1S/C19H28N4O/c1-21-10-9-15-11-18(8-5-16(15)13-21)23-20-24-19(22(23)2)12-14-3-6-17(19)7-4-14/h5,8,11,14,17,20H,3-4,6-7,9-10,12-13H2,1-2H3/t14?,17?,19-/m1/s1. The number of benzene rings is 1. The molecule has 1 atom stereocenters. The topological polar surface area (TPSA) is 31.0 Å². The molecule has 3 saturated carbocycles. The molecule has 0 unspecified atom stereocenters. The van der Waals surface area contributed by atoms with Crippen LogP contribution >= 0.6 is 0 Å². The molecule has 0 radical (unpaired) electrons. The molecule has 1 saturated heterocycles. The smallest absolute Gasteiger partial charge is 0.165 e. The molecule has 130 valence electrons. The molecule has 2 bridgehead atoms. The first-order valence-corrected chi connectivity index (χ1v) is 9.43. The molecule has 0 amide bonds. The third-order valence-electron chi connectivity index (χ3n) is 6.86. The third kappa shape index (κ3) is 2.15. The van der Waals surface area contributed by atoms with Crippen molar-refractivity contribution in [2.24, 2.45) is 11.8 Å². The summed E-state index contributed by atoms with van der Waals surface area (Å²) in [6.45, 7) is 2.20. The Balaban J connectivity index is 1.42. The second kappa shape index (κ2) is 5.43. The molecule has 1 N–H and O–H groups in total. The van der Waals surface area contributed by atoms with Gasteiger partial charge in [0.05, 0.1) is 5.69 Å².